The summed E-state index contributed by atoms with van der Waals surface area (Å²) in [6, 6.07) is 15.7. The van der Waals surface area contributed by atoms with Crippen LogP contribution in [-0.4, -0.2) is 76.6 Å². The maximum absolute atomic E-state index is 14.6. The van der Waals surface area contributed by atoms with Crippen LogP contribution in [0.2, 0.25) is 0 Å². The van der Waals surface area contributed by atoms with E-state index in [1.165, 1.54) is 12.1 Å². The lowest BCUT2D eigenvalue weighted by Gasteiger charge is -2.33. The van der Waals surface area contributed by atoms with Crippen molar-refractivity contribution < 1.29 is 23.6 Å². The lowest BCUT2D eigenvalue weighted by Crippen LogP contribution is -2.39. The monoisotopic (exact) mass is 531 g/mol. The third-order valence-corrected chi connectivity index (χ3v) is 7.24. The summed E-state index contributed by atoms with van der Waals surface area (Å²) in [5.74, 6) is -0.894. The molecule has 0 saturated carbocycles. The van der Waals surface area contributed by atoms with Crippen LogP contribution in [0.15, 0.2) is 48.5 Å². The zero-order valence-electron chi connectivity index (χ0n) is 21.7. The number of nitrogens with two attached hydrogens (primary N) is 1. The SMILES string of the molecule is N#Cc1ccc(-c2cc(C(=O)[N+]3=CCC[C@@H](N)C3)nn2-c2ccc(N3CCC(OCCO)CC3)cc2)cc1F. The number of hydrogen-bond acceptors (Lipinski definition) is 7. The highest BCUT2D eigenvalue weighted by Gasteiger charge is 2.29. The van der Waals surface area contributed by atoms with Crippen LogP contribution in [0.1, 0.15) is 41.7 Å². The number of anilines is 1. The maximum atomic E-state index is 14.6. The van der Waals surface area contributed by atoms with Gasteiger partial charge in [-0.15, -0.1) is 0 Å². The third kappa shape index (κ3) is 5.91. The van der Waals surface area contributed by atoms with E-state index < -0.39 is 5.82 Å². The number of aromatic nitrogens is 2. The molecule has 2 aromatic carbocycles. The Labute approximate surface area is 226 Å². The lowest BCUT2D eigenvalue weighted by molar-refractivity contribution is -0.432. The van der Waals surface area contributed by atoms with Gasteiger partial charge in [-0.25, -0.2) is 13.9 Å². The van der Waals surface area contributed by atoms with Crippen molar-refractivity contribution in [2.24, 2.45) is 5.73 Å². The minimum absolute atomic E-state index is 0.0311. The van der Waals surface area contributed by atoms with Crippen molar-refractivity contribution in [1.29, 1.82) is 5.26 Å². The highest BCUT2D eigenvalue weighted by atomic mass is 19.1. The molecule has 0 unspecified atom stereocenters. The van der Waals surface area contributed by atoms with Gasteiger partial charge < -0.3 is 20.5 Å². The molecule has 5 rings (SSSR count). The second kappa shape index (κ2) is 11.9. The van der Waals surface area contributed by atoms with Crippen LogP contribution in [0, 0.1) is 17.1 Å². The predicted molar refractivity (Wildman–Crippen MR) is 145 cm³/mol. The summed E-state index contributed by atoms with van der Waals surface area (Å²) in [7, 11) is 0. The molecule has 3 heterocycles. The minimum Gasteiger partial charge on any atom is -0.394 e. The number of benzene rings is 2. The molecule has 9 nitrogen and oxygen atoms in total. The first-order valence-electron chi connectivity index (χ1n) is 13.2. The fourth-order valence-electron chi connectivity index (χ4n) is 5.13. The number of halogens is 1. The van der Waals surface area contributed by atoms with Gasteiger partial charge in [0.2, 0.25) is 5.69 Å². The summed E-state index contributed by atoms with van der Waals surface area (Å²) < 4.78 is 23.5. The molecule has 2 aliphatic rings. The standard InChI is InChI=1S/C29H32FN6O3/c30-26-16-20(3-4-21(26)18-31)28-17-27(29(38)35-11-1-2-22(32)19-35)33-36(28)24-7-5-23(6-8-24)34-12-9-25(10-13-34)39-15-14-37/h3-8,11,16-17,22,25,37H,1-2,9-10,12-15,19,32H2/q+1/t22-/m1/s1. The largest absolute Gasteiger partial charge is 0.439 e. The first-order valence-corrected chi connectivity index (χ1v) is 13.2. The average molecular weight is 532 g/mol. The summed E-state index contributed by atoms with van der Waals surface area (Å²) in [5.41, 5.74) is 9.09. The van der Waals surface area contributed by atoms with Crippen molar-refractivity contribution in [3.05, 3.63) is 65.6 Å². The van der Waals surface area contributed by atoms with Crippen molar-refractivity contribution in [3.63, 3.8) is 0 Å². The molecule has 1 amide bonds. The van der Waals surface area contributed by atoms with Gasteiger partial charge in [0.15, 0.2) is 6.54 Å². The minimum atomic E-state index is -0.632. The second-order valence-electron chi connectivity index (χ2n) is 9.91. The number of rotatable bonds is 7. The summed E-state index contributed by atoms with van der Waals surface area (Å²) in [6.45, 7) is 2.51. The van der Waals surface area contributed by atoms with Crippen molar-refractivity contribution in [3.8, 4) is 23.0 Å². The Hall–Kier alpha value is -3.91. The number of hydrogen-bond donors (Lipinski definition) is 2. The summed E-state index contributed by atoms with van der Waals surface area (Å²) in [5, 5.41) is 22.8. The van der Waals surface area contributed by atoms with Crippen LogP contribution in [0.5, 0.6) is 0 Å². The zero-order valence-corrected chi connectivity index (χ0v) is 21.7. The molecular formula is C29H32FN6O3+. The fraction of sp³-hybridized carbons (Fsp3) is 0.379. The molecule has 2 aliphatic heterocycles. The zero-order chi connectivity index (χ0) is 27.4. The van der Waals surface area contributed by atoms with Gasteiger partial charge in [-0.2, -0.15) is 14.9 Å². The second-order valence-corrected chi connectivity index (χ2v) is 9.91. The van der Waals surface area contributed by atoms with E-state index in [-0.39, 0.29) is 35.9 Å². The van der Waals surface area contributed by atoms with Gasteiger partial charge >= 0.3 is 5.91 Å². The number of aliphatic hydroxyl groups excluding tert-OH is 1. The van der Waals surface area contributed by atoms with Gasteiger partial charge in [0.05, 0.1) is 42.3 Å². The van der Waals surface area contributed by atoms with Gasteiger partial charge in [-0.3, -0.25) is 0 Å². The van der Waals surface area contributed by atoms with Crippen LogP contribution in [-0.2, 0) is 4.74 Å². The number of piperidine rings is 1. The smallest absolute Gasteiger partial charge is 0.394 e. The summed E-state index contributed by atoms with van der Waals surface area (Å²) in [6.07, 6.45) is 5.32. The van der Waals surface area contributed by atoms with Gasteiger partial charge in [0, 0.05) is 36.8 Å². The number of nitrogens with zero attached hydrogens (tertiary/aromatic N) is 5. The van der Waals surface area contributed by atoms with Crippen molar-refractivity contribution in [2.45, 2.75) is 37.8 Å². The Morgan fingerprint density at radius 2 is 1.90 bits per heavy atom. The molecule has 1 atom stereocenters. The van der Waals surface area contributed by atoms with Gasteiger partial charge in [0.25, 0.3) is 0 Å². The molecule has 3 N–H and O–H groups in total. The Morgan fingerprint density at radius 1 is 1.15 bits per heavy atom. The normalized spacial score (nSPS) is 18.1. The number of carbonyl (C=O) groups excluding carboxylic acids is 1. The molecule has 3 aromatic rings. The number of nitriles is 1. The molecule has 39 heavy (non-hydrogen) atoms. The number of aliphatic hydroxyl groups is 1. The molecule has 0 bridgehead atoms. The van der Waals surface area contributed by atoms with Crippen LogP contribution in [0.25, 0.3) is 16.9 Å². The Bertz CT molecular complexity index is 1400. The van der Waals surface area contributed by atoms with E-state index in [9.17, 15) is 9.18 Å². The molecule has 202 valence electrons. The molecule has 0 radical (unpaired) electrons. The first-order chi connectivity index (χ1) is 19.0. The van der Waals surface area contributed by atoms with E-state index in [1.54, 1.807) is 21.4 Å². The molecule has 10 heteroatoms. The Balaban J connectivity index is 1.44. The van der Waals surface area contributed by atoms with Gasteiger partial charge in [0.1, 0.15) is 18.1 Å². The molecule has 1 fully saturated rings. The summed E-state index contributed by atoms with van der Waals surface area (Å²) >= 11 is 0. The van der Waals surface area contributed by atoms with Crippen LogP contribution < -0.4 is 10.6 Å². The maximum Gasteiger partial charge on any atom is 0.439 e. The first kappa shape index (κ1) is 26.7. The quantitative estimate of drug-likeness (QED) is 0.450. The Kier molecular flexibility index (Phi) is 8.12. The van der Waals surface area contributed by atoms with E-state index in [2.05, 4.69) is 10.00 Å². The molecule has 1 aromatic heterocycles. The average Bonchev–Trinajstić information content (AvgIpc) is 3.41. The number of ether oxygens (including phenoxy) is 1. The lowest BCUT2D eigenvalue weighted by atomic mass is 10.1. The Morgan fingerprint density at radius 3 is 2.56 bits per heavy atom. The molecule has 1 saturated heterocycles. The topological polar surface area (TPSA) is 120 Å². The highest BCUT2D eigenvalue weighted by Crippen LogP contribution is 2.28. The fourth-order valence-corrected chi connectivity index (χ4v) is 5.13. The van der Waals surface area contributed by atoms with Crippen molar-refractivity contribution in [1.82, 2.24) is 9.78 Å². The van der Waals surface area contributed by atoms with E-state index in [1.807, 2.05) is 36.5 Å². The van der Waals surface area contributed by atoms with E-state index in [0.717, 1.165) is 43.7 Å². The van der Waals surface area contributed by atoms with Crippen LogP contribution in [0.3, 0.4) is 0 Å². The van der Waals surface area contributed by atoms with E-state index in [0.29, 0.717) is 30.8 Å². The molecule has 0 aliphatic carbocycles. The highest BCUT2D eigenvalue weighted by molar-refractivity contribution is 5.89. The molecule has 0 spiro atoms. The van der Waals surface area contributed by atoms with Crippen molar-refractivity contribution in [2.75, 3.05) is 37.7 Å². The number of carbonyl (C=O) groups is 1. The number of amides is 1. The van der Waals surface area contributed by atoms with Crippen LogP contribution in [0.4, 0.5) is 10.1 Å². The van der Waals surface area contributed by atoms with Gasteiger partial charge in [-0.1, -0.05) is 6.07 Å². The van der Waals surface area contributed by atoms with Crippen molar-refractivity contribution >= 4 is 17.8 Å². The van der Waals surface area contributed by atoms with Gasteiger partial charge in [-0.05, 0) is 55.7 Å². The summed E-state index contributed by atoms with van der Waals surface area (Å²) in [4.78, 5) is 15.6. The third-order valence-electron chi connectivity index (χ3n) is 7.24. The van der Waals surface area contributed by atoms with E-state index >= 15 is 0 Å². The predicted octanol–water partition coefficient (Wildman–Crippen LogP) is 2.87. The molecular weight excluding hydrogens is 499 g/mol. The van der Waals surface area contributed by atoms with Crippen LogP contribution >= 0.6 is 0 Å². The van der Waals surface area contributed by atoms with E-state index in [4.69, 9.17) is 20.8 Å².